The van der Waals surface area contributed by atoms with E-state index >= 15 is 0 Å². The van der Waals surface area contributed by atoms with Crippen molar-refractivity contribution in [2.75, 3.05) is 5.32 Å². The van der Waals surface area contributed by atoms with Gasteiger partial charge in [-0.3, -0.25) is 4.79 Å². The fourth-order valence-electron chi connectivity index (χ4n) is 3.02. The lowest BCUT2D eigenvalue weighted by Gasteiger charge is -2.38. The maximum absolute atomic E-state index is 12.9. The van der Waals surface area contributed by atoms with Gasteiger partial charge < -0.3 is 15.3 Å². The summed E-state index contributed by atoms with van der Waals surface area (Å²) in [6.45, 7) is 0. The van der Waals surface area contributed by atoms with Crippen LogP contribution in [-0.4, -0.2) is 22.0 Å². The van der Waals surface area contributed by atoms with Gasteiger partial charge in [-0.1, -0.05) is 35.3 Å². The fourth-order valence-corrected chi connectivity index (χ4v) is 3.53. The molecule has 2 aromatic carbocycles. The minimum Gasteiger partial charge on any atom is -0.506 e. The monoisotopic (exact) mass is 348 g/mol. The number of amides is 1. The average molecular weight is 349 g/mol. The Morgan fingerprint density at radius 3 is 2.65 bits per heavy atom. The number of fused-ring (bicyclic) bond motifs is 1. The van der Waals surface area contributed by atoms with Crippen molar-refractivity contribution in [2.24, 2.45) is 0 Å². The van der Waals surface area contributed by atoms with E-state index in [1.807, 2.05) is 18.2 Å². The van der Waals surface area contributed by atoms with Crippen molar-refractivity contribution in [1.82, 2.24) is 4.90 Å². The fraction of sp³-hybridized carbons (Fsp3) is 0.235. The highest BCUT2D eigenvalue weighted by molar-refractivity contribution is 6.35. The summed E-state index contributed by atoms with van der Waals surface area (Å²) >= 11 is 12.1. The molecule has 2 N–H and O–H groups in total. The Kier molecular flexibility index (Phi) is 3.39. The van der Waals surface area contributed by atoms with Gasteiger partial charge in [-0.25, -0.2) is 0 Å². The first-order valence-corrected chi connectivity index (χ1v) is 8.18. The molecule has 4 rings (SSSR count). The van der Waals surface area contributed by atoms with Gasteiger partial charge in [-0.2, -0.15) is 0 Å². The van der Waals surface area contributed by atoms with E-state index in [0.29, 0.717) is 16.1 Å². The number of hydrogen-bond acceptors (Lipinski definition) is 3. The van der Waals surface area contributed by atoms with Crippen LogP contribution in [0.25, 0.3) is 0 Å². The molecule has 0 bridgehead atoms. The highest BCUT2D eigenvalue weighted by Crippen LogP contribution is 2.44. The number of anilines is 1. The van der Waals surface area contributed by atoms with Gasteiger partial charge in [0.05, 0.1) is 10.6 Å². The SMILES string of the molecule is O=C1c2ccccc2N[C@@H](c2cc(Cl)cc(Cl)c2O)N1C1CC1. The largest absolute Gasteiger partial charge is 0.506 e. The molecular formula is C17H14Cl2N2O2. The van der Waals surface area contributed by atoms with Crippen LogP contribution in [0.3, 0.4) is 0 Å². The maximum atomic E-state index is 12.9. The number of benzene rings is 2. The van der Waals surface area contributed by atoms with Crippen LogP contribution in [0, 0.1) is 0 Å². The van der Waals surface area contributed by atoms with Gasteiger partial charge in [0, 0.05) is 22.3 Å². The van der Waals surface area contributed by atoms with Crippen LogP contribution in [0.4, 0.5) is 5.69 Å². The summed E-state index contributed by atoms with van der Waals surface area (Å²) in [7, 11) is 0. The number of phenolic OH excluding ortho intramolecular Hbond substituents is 1. The molecule has 1 fully saturated rings. The van der Waals surface area contributed by atoms with Crippen LogP contribution < -0.4 is 5.32 Å². The van der Waals surface area contributed by atoms with Gasteiger partial charge >= 0.3 is 0 Å². The first-order chi connectivity index (χ1) is 11.1. The Bertz CT molecular complexity index is 805. The van der Waals surface area contributed by atoms with Crippen molar-refractivity contribution in [1.29, 1.82) is 0 Å². The van der Waals surface area contributed by atoms with Crippen molar-refractivity contribution < 1.29 is 9.90 Å². The van der Waals surface area contributed by atoms with Gasteiger partial charge in [0.2, 0.25) is 0 Å². The topological polar surface area (TPSA) is 52.6 Å². The number of para-hydroxylation sites is 1. The van der Waals surface area contributed by atoms with Crippen molar-refractivity contribution >= 4 is 34.8 Å². The Labute approximate surface area is 143 Å². The number of aromatic hydroxyl groups is 1. The summed E-state index contributed by atoms with van der Waals surface area (Å²) < 4.78 is 0. The van der Waals surface area contributed by atoms with Crippen molar-refractivity contribution in [3.8, 4) is 5.75 Å². The lowest BCUT2D eigenvalue weighted by Crippen LogP contribution is -2.44. The third-order valence-electron chi connectivity index (χ3n) is 4.25. The number of nitrogens with zero attached hydrogens (tertiary/aromatic N) is 1. The summed E-state index contributed by atoms with van der Waals surface area (Å²) in [6.07, 6.45) is 1.43. The number of nitrogens with one attached hydrogen (secondary N) is 1. The third kappa shape index (κ3) is 2.42. The van der Waals surface area contributed by atoms with Gasteiger partial charge in [-0.15, -0.1) is 0 Å². The Morgan fingerprint density at radius 2 is 1.91 bits per heavy atom. The molecule has 0 unspecified atom stereocenters. The molecule has 1 saturated carbocycles. The molecule has 0 saturated heterocycles. The van der Waals surface area contributed by atoms with E-state index in [1.54, 1.807) is 17.0 Å². The second kappa shape index (κ2) is 5.32. The lowest BCUT2D eigenvalue weighted by atomic mass is 10.0. The Hall–Kier alpha value is -1.91. The molecular weight excluding hydrogens is 335 g/mol. The zero-order chi connectivity index (χ0) is 16.1. The molecule has 2 aliphatic rings. The molecule has 0 radical (unpaired) electrons. The van der Waals surface area contributed by atoms with E-state index < -0.39 is 6.17 Å². The normalized spacial score (nSPS) is 20.2. The van der Waals surface area contributed by atoms with E-state index in [2.05, 4.69) is 5.32 Å². The number of halogens is 2. The summed E-state index contributed by atoms with van der Waals surface area (Å²) in [5.74, 6) is -0.0891. The van der Waals surface area contributed by atoms with Crippen LogP contribution in [0.2, 0.25) is 10.0 Å². The summed E-state index contributed by atoms with van der Waals surface area (Å²) in [6, 6.07) is 10.7. The smallest absolute Gasteiger partial charge is 0.258 e. The standard InChI is InChI=1S/C17H14Cl2N2O2/c18-9-7-12(15(22)13(19)8-9)16-20-14-4-2-1-3-11(14)17(23)21(16)10-5-6-10/h1-4,7-8,10,16,20,22H,5-6H2/t16-/m1/s1. The highest BCUT2D eigenvalue weighted by Gasteiger charge is 2.43. The molecule has 2 aromatic rings. The first kappa shape index (κ1) is 14.7. The van der Waals surface area contributed by atoms with Gasteiger partial charge in [0.15, 0.2) is 0 Å². The molecule has 1 heterocycles. The lowest BCUT2D eigenvalue weighted by molar-refractivity contribution is 0.0664. The predicted molar refractivity (Wildman–Crippen MR) is 90.1 cm³/mol. The van der Waals surface area contributed by atoms with E-state index in [9.17, 15) is 9.90 Å². The third-order valence-corrected chi connectivity index (χ3v) is 4.76. The highest BCUT2D eigenvalue weighted by atomic mass is 35.5. The number of carbonyl (C=O) groups is 1. The molecule has 1 amide bonds. The number of phenols is 1. The van der Waals surface area contributed by atoms with Crippen LogP contribution in [-0.2, 0) is 0 Å². The maximum Gasteiger partial charge on any atom is 0.258 e. The van der Waals surface area contributed by atoms with E-state index in [4.69, 9.17) is 23.2 Å². The molecule has 0 aromatic heterocycles. The second-order valence-electron chi connectivity index (χ2n) is 5.86. The molecule has 1 atom stereocenters. The molecule has 118 valence electrons. The molecule has 1 aliphatic heterocycles. The van der Waals surface area contributed by atoms with Gasteiger partial charge in [-0.05, 0) is 37.1 Å². The number of carbonyl (C=O) groups excluding carboxylic acids is 1. The summed E-state index contributed by atoms with van der Waals surface area (Å²) in [4.78, 5) is 14.7. The minimum absolute atomic E-state index is 0.0395. The molecule has 0 spiro atoms. The second-order valence-corrected chi connectivity index (χ2v) is 6.71. The van der Waals surface area contributed by atoms with Gasteiger partial charge in [0.25, 0.3) is 5.91 Å². The summed E-state index contributed by atoms with van der Waals surface area (Å²) in [5, 5.41) is 14.3. The Morgan fingerprint density at radius 1 is 1.17 bits per heavy atom. The van der Waals surface area contributed by atoms with Crippen LogP contribution in [0.5, 0.6) is 5.75 Å². The molecule has 6 heteroatoms. The number of rotatable bonds is 2. The zero-order valence-corrected chi connectivity index (χ0v) is 13.6. The summed E-state index contributed by atoms with van der Waals surface area (Å²) in [5.41, 5.74) is 1.90. The van der Waals surface area contributed by atoms with E-state index in [-0.39, 0.29) is 22.7 Å². The van der Waals surface area contributed by atoms with Crippen LogP contribution in [0.15, 0.2) is 36.4 Å². The minimum atomic E-state index is -0.485. The number of hydrogen-bond donors (Lipinski definition) is 2. The predicted octanol–water partition coefficient (Wildman–Crippen LogP) is 4.43. The van der Waals surface area contributed by atoms with Crippen molar-refractivity contribution in [3.63, 3.8) is 0 Å². The van der Waals surface area contributed by atoms with Crippen LogP contribution in [0.1, 0.15) is 34.9 Å². The van der Waals surface area contributed by atoms with Crippen molar-refractivity contribution in [2.45, 2.75) is 25.0 Å². The quantitative estimate of drug-likeness (QED) is 0.843. The van der Waals surface area contributed by atoms with Crippen molar-refractivity contribution in [3.05, 3.63) is 57.6 Å². The average Bonchev–Trinajstić information content (AvgIpc) is 3.35. The van der Waals surface area contributed by atoms with E-state index in [1.165, 1.54) is 6.07 Å². The molecule has 1 aliphatic carbocycles. The Balaban J connectivity index is 1.86. The zero-order valence-electron chi connectivity index (χ0n) is 12.1. The van der Waals surface area contributed by atoms with Gasteiger partial charge in [0.1, 0.15) is 11.9 Å². The molecule has 4 nitrogen and oxygen atoms in total. The van der Waals surface area contributed by atoms with E-state index in [0.717, 1.165) is 18.5 Å². The first-order valence-electron chi connectivity index (χ1n) is 7.42. The van der Waals surface area contributed by atoms with Crippen LogP contribution >= 0.6 is 23.2 Å². The molecule has 23 heavy (non-hydrogen) atoms.